The molecule has 2 nitrogen and oxygen atoms in total. The molecule has 0 aromatic heterocycles. The summed E-state index contributed by atoms with van der Waals surface area (Å²) in [6.45, 7) is 8.33. The first-order valence-corrected chi connectivity index (χ1v) is 8.15. The summed E-state index contributed by atoms with van der Waals surface area (Å²) in [7, 11) is 0. The van der Waals surface area contributed by atoms with Crippen LogP contribution in [0.4, 0.5) is 0 Å². The fourth-order valence-corrected chi connectivity index (χ4v) is 2.36. The van der Waals surface area contributed by atoms with Gasteiger partial charge in [0.2, 0.25) is 5.79 Å². The fraction of sp³-hybridized carbons (Fsp3) is 0.400. The molecule has 0 N–H and O–H groups in total. The predicted octanol–water partition coefficient (Wildman–Crippen LogP) is 5.40. The van der Waals surface area contributed by atoms with Crippen LogP contribution < -0.4 is 9.47 Å². The van der Waals surface area contributed by atoms with Gasteiger partial charge >= 0.3 is 0 Å². The van der Waals surface area contributed by atoms with Gasteiger partial charge in [-0.05, 0) is 30.0 Å². The molecule has 0 radical (unpaired) electrons. The van der Waals surface area contributed by atoms with E-state index in [-0.39, 0.29) is 0 Å². The third kappa shape index (κ3) is 3.82. The van der Waals surface area contributed by atoms with Gasteiger partial charge in [-0.25, -0.2) is 0 Å². The van der Waals surface area contributed by atoms with Crippen LogP contribution in [0.2, 0.25) is 0 Å². The Hall–Kier alpha value is -1.96. The molecule has 118 valence electrons. The average molecular weight is 298 g/mol. The number of hydrogen-bond donors (Lipinski definition) is 0. The van der Waals surface area contributed by atoms with E-state index in [0.29, 0.717) is 0 Å². The monoisotopic (exact) mass is 298 g/mol. The van der Waals surface area contributed by atoms with Crippen LogP contribution in [0.5, 0.6) is 11.5 Å². The fourth-order valence-electron chi connectivity index (χ4n) is 2.36. The lowest BCUT2D eigenvalue weighted by atomic mass is 10.1. The second-order valence-electron chi connectivity index (χ2n) is 5.63. The highest BCUT2D eigenvalue weighted by atomic mass is 16.7. The normalized spacial score (nSPS) is 18.5. The molecule has 0 bridgehead atoms. The lowest BCUT2D eigenvalue weighted by Gasteiger charge is -2.20. The van der Waals surface area contributed by atoms with Gasteiger partial charge in [0.25, 0.3) is 0 Å². The van der Waals surface area contributed by atoms with Crippen LogP contribution in [0.25, 0.3) is 0 Å². The first kappa shape index (κ1) is 16.4. The van der Waals surface area contributed by atoms with Crippen LogP contribution in [0.1, 0.15) is 45.2 Å². The van der Waals surface area contributed by atoms with Gasteiger partial charge in [-0.1, -0.05) is 63.2 Å². The Bertz CT molecular complexity index is 592. The maximum absolute atomic E-state index is 5.84. The minimum absolute atomic E-state index is 0.465. The zero-order chi connectivity index (χ0) is 16.0. The Kier molecular flexibility index (Phi) is 5.48. The van der Waals surface area contributed by atoms with Gasteiger partial charge in [-0.3, -0.25) is 0 Å². The second-order valence-corrected chi connectivity index (χ2v) is 5.63. The summed E-state index contributed by atoms with van der Waals surface area (Å²) in [5.74, 6) is 1.35. The highest BCUT2D eigenvalue weighted by Gasteiger charge is 2.35. The van der Waals surface area contributed by atoms with Gasteiger partial charge in [0.05, 0.1) is 0 Å². The number of para-hydroxylation sites is 1. The van der Waals surface area contributed by atoms with E-state index in [1.807, 2.05) is 25.1 Å². The summed E-state index contributed by atoms with van der Waals surface area (Å²) in [4.78, 5) is 0. The second kappa shape index (κ2) is 7.35. The summed E-state index contributed by atoms with van der Waals surface area (Å²) in [6.07, 6.45) is 2.97. The van der Waals surface area contributed by atoms with Crippen molar-refractivity contribution in [2.24, 2.45) is 0 Å². The first-order valence-electron chi connectivity index (χ1n) is 8.15. The van der Waals surface area contributed by atoms with E-state index >= 15 is 0 Å². The van der Waals surface area contributed by atoms with Crippen molar-refractivity contribution in [3.63, 3.8) is 0 Å². The zero-order valence-corrected chi connectivity index (χ0v) is 14.1. The van der Waals surface area contributed by atoms with Crippen LogP contribution in [-0.4, -0.2) is 5.79 Å². The average Bonchev–Trinajstić information content (AvgIpc) is 2.93. The molecule has 0 fully saturated rings. The molecule has 22 heavy (non-hydrogen) atoms. The zero-order valence-electron chi connectivity index (χ0n) is 14.1. The Morgan fingerprint density at radius 3 is 2.09 bits per heavy atom. The highest BCUT2D eigenvalue weighted by Crippen LogP contribution is 2.42. The van der Waals surface area contributed by atoms with Crippen molar-refractivity contribution in [2.75, 3.05) is 0 Å². The van der Waals surface area contributed by atoms with Gasteiger partial charge in [0.15, 0.2) is 11.5 Å². The highest BCUT2D eigenvalue weighted by molar-refractivity contribution is 5.49. The Balaban J connectivity index is 0.000000188. The van der Waals surface area contributed by atoms with Crippen LogP contribution in [0.15, 0.2) is 48.5 Å². The smallest absolute Gasteiger partial charge is 0.248 e. The van der Waals surface area contributed by atoms with Crippen molar-refractivity contribution in [1.29, 1.82) is 0 Å². The van der Waals surface area contributed by atoms with Crippen molar-refractivity contribution in [1.82, 2.24) is 0 Å². The quantitative estimate of drug-likeness (QED) is 0.755. The van der Waals surface area contributed by atoms with Gasteiger partial charge in [0, 0.05) is 13.3 Å². The van der Waals surface area contributed by atoms with E-state index < -0.39 is 5.79 Å². The van der Waals surface area contributed by atoms with E-state index in [2.05, 4.69) is 51.1 Å². The Morgan fingerprint density at radius 1 is 0.818 bits per heavy atom. The third-order valence-corrected chi connectivity index (χ3v) is 3.98. The molecule has 0 saturated heterocycles. The maximum Gasteiger partial charge on any atom is 0.248 e. The number of benzene rings is 2. The number of aryl methyl sites for hydroxylation is 2. The SMILES string of the molecule is CCc1cccc2c1OC(C)(CC)O2.CCc1ccccc1. The molecule has 2 aromatic carbocycles. The van der Waals surface area contributed by atoms with Crippen molar-refractivity contribution < 1.29 is 9.47 Å². The molecular weight excluding hydrogens is 272 g/mol. The van der Waals surface area contributed by atoms with Gasteiger partial charge in [-0.15, -0.1) is 0 Å². The maximum atomic E-state index is 5.84. The molecule has 1 atom stereocenters. The molecule has 1 heterocycles. The molecule has 1 unspecified atom stereocenters. The van der Waals surface area contributed by atoms with Crippen molar-refractivity contribution >= 4 is 0 Å². The van der Waals surface area contributed by atoms with Crippen LogP contribution in [-0.2, 0) is 12.8 Å². The first-order chi connectivity index (χ1) is 10.6. The standard InChI is InChI=1S/C12H16O2.C8H10/c1-4-9-7-6-8-10-11(9)14-12(3,5-2)13-10;1-2-8-6-4-3-5-7-8/h6-8H,4-5H2,1-3H3;3-7H,2H2,1H3. The number of ether oxygens (including phenoxy) is 2. The molecule has 0 amide bonds. The Labute approximate surface area is 134 Å². The molecule has 3 rings (SSSR count). The van der Waals surface area contributed by atoms with E-state index in [4.69, 9.17) is 9.47 Å². The third-order valence-electron chi connectivity index (χ3n) is 3.98. The molecule has 2 heteroatoms. The lowest BCUT2D eigenvalue weighted by Crippen LogP contribution is -2.33. The van der Waals surface area contributed by atoms with E-state index in [1.165, 1.54) is 11.1 Å². The van der Waals surface area contributed by atoms with E-state index in [9.17, 15) is 0 Å². The molecule has 1 aliphatic rings. The van der Waals surface area contributed by atoms with Gasteiger partial charge in [-0.2, -0.15) is 0 Å². The number of rotatable bonds is 3. The summed E-state index contributed by atoms with van der Waals surface area (Å²) in [5, 5.41) is 0. The molecule has 0 spiro atoms. The number of hydrogen-bond acceptors (Lipinski definition) is 2. The Morgan fingerprint density at radius 2 is 1.55 bits per heavy atom. The van der Waals surface area contributed by atoms with Gasteiger partial charge < -0.3 is 9.47 Å². The largest absolute Gasteiger partial charge is 0.449 e. The topological polar surface area (TPSA) is 18.5 Å². The summed E-state index contributed by atoms with van der Waals surface area (Å²) >= 11 is 0. The van der Waals surface area contributed by atoms with Crippen LogP contribution >= 0.6 is 0 Å². The summed E-state index contributed by atoms with van der Waals surface area (Å²) in [5.41, 5.74) is 2.63. The van der Waals surface area contributed by atoms with E-state index in [0.717, 1.165) is 30.8 Å². The molecule has 0 saturated carbocycles. The molecular formula is C20H26O2. The molecule has 1 aliphatic heterocycles. The van der Waals surface area contributed by atoms with Crippen LogP contribution in [0, 0.1) is 0 Å². The number of fused-ring (bicyclic) bond motifs is 1. The minimum atomic E-state index is -0.465. The summed E-state index contributed by atoms with van der Waals surface area (Å²) < 4.78 is 11.6. The van der Waals surface area contributed by atoms with Crippen LogP contribution in [0.3, 0.4) is 0 Å². The summed E-state index contributed by atoms with van der Waals surface area (Å²) in [6, 6.07) is 16.5. The van der Waals surface area contributed by atoms with Crippen molar-refractivity contribution in [3.8, 4) is 11.5 Å². The predicted molar refractivity (Wildman–Crippen MR) is 91.6 cm³/mol. The molecule has 2 aromatic rings. The lowest BCUT2D eigenvalue weighted by molar-refractivity contribution is -0.0643. The molecule has 0 aliphatic carbocycles. The minimum Gasteiger partial charge on any atom is -0.449 e. The van der Waals surface area contributed by atoms with Crippen molar-refractivity contribution in [2.45, 2.75) is 52.7 Å². The van der Waals surface area contributed by atoms with Crippen molar-refractivity contribution in [3.05, 3.63) is 59.7 Å². The van der Waals surface area contributed by atoms with Gasteiger partial charge in [0.1, 0.15) is 0 Å². The van der Waals surface area contributed by atoms with E-state index in [1.54, 1.807) is 0 Å².